The van der Waals surface area contributed by atoms with Crippen LogP contribution >= 0.6 is 0 Å². The topological polar surface area (TPSA) is 64.0 Å². The van der Waals surface area contributed by atoms with E-state index in [1.165, 1.54) is 6.20 Å². The second-order valence-corrected chi connectivity index (χ2v) is 6.73. The first-order chi connectivity index (χ1) is 9.94. The first-order valence-electron chi connectivity index (χ1n) is 6.42. The number of benzene rings is 1. The molecule has 0 radical (unpaired) electrons. The Balaban J connectivity index is 2.10. The Morgan fingerprint density at radius 2 is 1.90 bits per heavy atom. The molecule has 0 aliphatic carbocycles. The van der Waals surface area contributed by atoms with Crippen molar-refractivity contribution in [1.82, 2.24) is 9.55 Å². The van der Waals surface area contributed by atoms with Gasteiger partial charge < -0.3 is 4.57 Å². The van der Waals surface area contributed by atoms with Crippen molar-refractivity contribution >= 4 is 26.6 Å². The van der Waals surface area contributed by atoms with Gasteiger partial charge in [-0.05, 0) is 18.2 Å². The van der Waals surface area contributed by atoms with Gasteiger partial charge in [0.25, 0.3) is 0 Å². The van der Waals surface area contributed by atoms with E-state index < -0.39 is 10.0 Å². The lowest BCUT2D eigenvalue weighted by atomic mass is 10.2. The molecule has 21 heavy (non-hydrogen) atoms. The zero-order valence-electron chi connectivity index (χ0n) is 11.7. The SMILES string of the molecule is Cn1c(-c2cncc(NS(C)(=O)=O)c2)cc2ccccc21. The highest BCUT2D eigenvalue weighted by Crippen LogP contribution is 2.28. The van der Waals surface area contributed by atoms with E-state index in [4.69, 9.17) is 0 Å². The summed E-state index contributed by atoms with van der Waals surface area (Å²) in [7, 11) is -1.33. The minimum atomic E-state index is -3.31. The third kappa shape index (κ3) is 2.75. The summed E-state index contributed by atoms with van der Waals surface area (Å²) in [5.41, 5.74) is 3.43. The van der Waals surface area contributed by atoms with Crippen LogP contribution in [0.4, 0.5) is 5.69 Å². The molecule has 0 unspecified atom stereocenters. The molecule has 0 fully saturated rings. The smallest absolute Gasteiger partial charge is 0.229 e. The molecule has 2 aromatic heterocycles. The van der Waals surface area contributed by atoms with E-state index in [0.717, 1.165) is 28.4 Å². The van der Waals surface area contributed by atoms with Gasteiger partial charge in [-0.15, -0.1) is 0 Å². The number of aromatic nitrogens is 2. The van der Waals surface area contributed by atoms with E-state index in [-0.39, 0.29) is 0 Å². The minimum absolute atomic E-state index is 0.459. The average molecular weight is 301 g/mol. The number of nitrogens with one attached hydrogen (secondary N) is 1. The summed E-state index contributed by atoms with van der Waals surface area (Å²) in [5.74, 6) is 0. The van der Waals surface area contributed by atoms with Gasteiger partial charge in [-0.1, -0.05) is 18.2 Å². The van der Waals surface area contributed by atoms with E-state index in [9.17, 15) is 8.42 Å². The maximum atomic E-state index is 11.3. The molecule has 0 bridgehead atoms. The Morgan fingerprint density at radius 1 is 1.14 bits per heavy atom. The molecule has 0 aliphatic rings. The van der Waals surface area contributed by atoms with Gasteiger partial charge >= 0.3 is 0 Å². The van der Waals surface area contributed by atoms with E-state index in [1.54, 1.807) is 12.3 Å². The summed E-state index contributed by atoms with van der Waals surface area (Å²) in [6.07, 6.45) is 4.34. The normalized spacial score (nSPS) is 11.7. The van der Waals surface area contributed by atoms with Crippen LogP contribution in [0.2, 0.25) is 0 Å². The number of nitrogens with zero attached hydrogens (tertiary/aromatic N) is 2. The fourth-order valence-corrected chi connectivity index (χ4v) is 2.96. The monoisotopic (exact) mass is 301 g/mol. The number of rotatable bonds is 3. The summed E-state index contributed by atoms with van der Waals surface area (Å²) < 4.78 is 27.1. The standard InChI is InChI=1S/C15H15N3O2S/c1-18-14-6-4-3-5-11(14)8-15(18)12-7-13(10-16-9-12)17-21(2,19)20/h3-10,17H,1-2H3. The molecular weight excluding hydrogens is 286 g/mol. The molecule has 0 saturated heterocycles. The molecule has 2 heterocycles. The Bertz CT molecular complexity index is 914. The quantitative estimate of drug-likeness (QED) is 0.809. The van der Waals surface area contributed by atoms with Crippen molar-refractivity contribution in [3.05, 3.63) is 48.8 Å². The van der Waals surface area contributed by atoms with Crippen molar-refractivity contribution in [2.24, 2.45) is 7.05 Å². The van der Waals surface area contributed by atoms with Crippen molar-refractivity contribution in [2.45, 2.75) is 0 Å². The summed E-state index contributed by atoms with van der Waals surface area (Å²) in [6.45, 7) is 0. The average Bonchev–Trinajstić information content (AvgIpc) is 2.75. The van der Waals surface area contributed by atoms with E-state index in [0.29, 0.717) is 5.69 Å². The second-order valence-electron chi connectivity index (χ2n) is 4.98. The number of pyridine rings is 1. The largest absolute Gasteiger partial charge is 0.344 e. The van der Waals surface area contributed by atoms with Crippen molar-refractivity contribution in [3.63, 3.8) is 0 Å². The lowest BCUT2D eigenvalue weighted by Crippen LogP contribution is -2.09. The summed E-state index contributed by atoms with van der Waals surface area (Å²) >= 11 is 0. The van der Waals surface area contributed by atoms with Gasteiger partial charge in [0.15, 0.2) is 0 Å². The molecule has 108 valence electrons. The van der Waals surface area contributed by atoms with Crippen LogP contribution in [0.15, 0.2) is 48.8 Å². The Kier molecular flexibility index (Phi) is 3.17. The third-order valence-corrected chi connectivity index (χ3v) is 3.90. The van der Waals surface area contributed by atoms with Crippen molar-refractivity contribution in [1.29, 1.82) is 0 Å². The minimum Gasteiger partial charge on any atom is -0.344 e. The number of aryl methyl sites for hydroxylation is 1. The number of fused-ring (bicyclic) bond motifs is 1. The molecule has 0 saturated carbocycles. The molecule has 0 amide bonds. The molecule has 1 aromatic carbocycles. The van der Waals surface area contributed by atoms with Crippen LogP contribution in [0.5, 0.6) is 0 Å². The van der Waals surface area contributed by atoms with Gasteiger partial charge in [0.1, 0.15) is 0 Å². The maximum Gasteiger partial charge on any atom is 0.229 e. The highest BCUT2D eigenvalue weighted by atomic mass is 32.2. The highest BCUT2D eigenvalue weighted by Gasteiger charge is 2.09. The predicted molar refractivity (Wildman–Crippen MR) is 84.6 cm³/mol. The van der Waals surface area contributed by atoms with Crippen LogP contribution in [0.3, 0.4) is 0 Å². The fraction of sp³-hybridized carbons (Fsp3) is 0.133. The summed E-state index contributed by atoms with van der Waals surface area (Å²) in [4.78, 5) is 4.12. The van der Waals surface area contributed by atoms with Gasteiger partial charge in [0.05, 0.1) is 23.8 Å². The summed E-state index contributed by atoms with van der Waals surface area (Å²) in [5, 5.41) is 1.14. The van der Waals surface area contributed by atoms with Crippen LogP contribution in [0.1, 0.15) is 0 Å². The Hall–Kier alpha value is -2.34. The van der Waals surface area contributed by atoms with Gasteiger partial charge in [0, 0.05) is 29.7 Å². The van der Waals surface area contributed by atoms with Crippen LogP contribution in [-0.4, -0.2) is 24.2 Å². The molecule has 3 rings (SSSR count). The number of hydrogen-bond donors (Lipinski definition) is 1. The van der Waals surface area contributed by atoms with Crippen molar-refractivity contribution in [2.75, 3.05) is 11.0 Å². The number of sulfonamides is 1. The Labute approximate surface area is 123 Å². The highest BCUT2D eigenvalue weighted by molar-refractivity contribution is 7.92. The Morgan fingerprint density at radius 3 is 2.62 bits per heavy atom. The second kappa shape index (κ2) is 4.89. The lowest BCUT2D eigenvalue weighted by Gasteiger charge is -2.07. The van der Waals surface area contributed by atoms with E-state index in [2.05, 4.69) is 20.3 Å². The molecule has 0 aliphatic heterocycles. The van der Waals surface area contributed by atoms with Gasteiger partial charge in [-0.25, -0.2) is 8.42 Å². The number of hydrogen-bond acceptors (Lipinski definition) is 3. The molecule has 5 nitrogen and oxygen atoms in total. The van der Waals surface area contributed by atoms with Gasteiger partial charge in [-0.3, -0.25) is 9.71 Å². The zero-order chi connectivity index (χ0) is 15.0. The number of para-hydroxylation sites is 1. The van der Waals surface area contributed by atoms with E-state index in [1.807, 2.05) is 31.3 Å². The van der Waals surface area contributed by atoms with Crippen LogP contribution in [0, 0.1) is 0 Å². The zero-order valence-corrected chi connectivity index (χ0v) is 12.6. The predicted octanol–water partition coefficient (Wildman–Crippen LogP) is 2.61. The first kappa shape index (κ1) is 13.6. The molecule has 0 atom stereocenters. The molecular formula is C15H15N3O2S. The lowest BCUT2D eigenvalue weighted by molar-refractivity contribution is 0.607. The van der Waals surface area contributed by atoms with Gasteiger partial charge in [-0.2, -0.15) is 0 Å². The summed E-state index contributed by atoms with van der Waals surface area (Å²) in [6, 6.07) is 11.9. The van der Waals surface area contributed by atoms with Crippen LogP contribution in [-0.2, 0) is 17.1 Å². The fourth-order valence-electron chi connectivity index (χ4n) is 2.42. The van der Waals surface area contributed by atoms with Crippen LogP contribution in [0.25, 0.3) is 22.2 Å². The number of anilines is 1. The van der Waals surface area contributed by atoms with Gasteiger partial charge in [0.2, 0.25) is 10.0 Å². The van der Waals surface area contributed by atoms with Crippen molar-refractivity contribution < 1.29 is 8.42 Å². The molecule has 6 heteroatoms. The molecule has 0 spiro atoms. The molecule has 3 aromatic rings. The first-order valence-corrected chi connectivity index (χ1v) is 8.31. The van der Waals surface area contributed by atoms with Crippen molar-refractivity contribution in [3.8, 4) is 11.3 Å². The van der Waals surface area contributed by atoms with Crippen LogP contribution < -0.4 is 4.72 Å². The maximum absolute atomic E-state index is 11.3. The molecule has 1 N–H and O–H groups in total. The van der Waals surface area contributed by atoms with E-state index >= 15 is 0 Å². The third-order valence-electron chi connectivity index (χ3n) is 3.29.